The average Bonchev–Trinajstić information content (AvgIpc) is 2.70. The van der Waals surface area contributed by atoms with Gasteiger partial charge in [-0.1, -0.05) is 31.1 Å². The lowest BCUT2D eigenvalue weighted by atomic mass is 9.88. The fraction of sp³-hybridized carbons (Fsp3) is 0.733. The molecule has 0 saturated heterocycles. The van der Waals surface area contributed by atoms with Gasteiger partial charge in [0.2, 0.25) is 5.91 Å². The molecule has 1 unspecified atom stereocenters. The highest BCUT2D eigenvalue weighted by molar-refractivity contribution is 7.09. The zero-order valence-corrected chi connectivity index (χ0v) is 13.2. The van der Waals surface area contributed by atoms with Crippen LogP contribution in [0.1, 0.15) is 50.1 Å². The number of nitrogens with one attached hydrogen (secondary N) is 1. The molecule has 1 heterocycles. The van der Waals surface area contributed by atoms with E-state index in [2.05, 4.69) is 12.2 Å². The lowest BCUT2D eigenvalue weighted by molar-refractivity contribution is -0.118. The van der Waals surface area contributed by atoms with Gasteiger partial charge in [-0.2, -0.15) is 0 Å². The maximum atomic E-state index is 12.1. The second-order valence-corrected chi connectivity index (χ2v) is 6.67. The molecule has 0 saturated carbocycles. The van der Waals surface area contributed by atoms with Crippen molar-refractivity contribution in [3.63, 3.8) is 0 Å². The van der Waals surface area contributed by atoms with Crippen LogP contribution in [0.25, 0.3) is 0 Å². The Balaban J connectivity index is 1.98. The Morgan fingerprint density at radius 3 is 3.00 bits per heavy atom. The quantitative estimate of drug-likeness (QED) is 0.819. The topological polar surface area (TPSA) is 51.1 Å². The number of aromatic nitrogens is 1. The minimum absolute atomic E-state index is 0.00731. The third kappa shape index (κ3) is 3.72. The minimum atomic E-state index is -0.00731. The normalized spacial score (nSPS) is 17.8. The summed E-state index contributed by atoms with van der Waals surface area (Å²) in [4.78, 5) is 24.4. The molecule has 1 aromatic heterocycles. The SMILES string of the molecule is CCCC1CCc2c(sc(=O)n2CCCNC(C)=O)C1. The molecular formula is C15H24N2O2S. The highest BCUT2D eigenvalue weighted by Gasteiger charge is 2.23. The molecule has 0 fully saturated rings. The van der Waals surface area contributed by atoms with Gasteiger partial charge in [0.05, 0.1) is 0 Å². The zero-order chi connectivity index (χ0) is 14.5. The molecule has 1 atom stereocenters. The van der Waals surface area contributed by atoms with Crippen LogP contribution in [0.5, 0.6) is 0 Å². The number of fused-ring (bicyclic) bond motifs is 1. The first-order valence-corrected chi connectivity index (χ1v) is 8.39. The van der Waals surface area contributed by atoms with Gasteiger partial charge in [-0.25, -0.2) is 0 Å². The van der Waals surface area contributed by atoms with Gasteiger partial charge in [0.1, 0.15) is 0 Å². The molecular weight excluding hydrogens is 272 g/mol. The molecule has 4 nitrogen and oxygen atoms in total. The van der Waals surface area contributed by atoms with Crippen molar-refractivity contribution in [3.8, 4) is 0 Å². The van der Waals surface area contributed by atoms with Crippen molar-refractivity contribution in [2.24, 2.45) is 5.92 Å². The predicted molar refractivity (Wildman–Crippen MR) is 82.3 cm³/mol. The smallest absolute Gasteiger partial charge is 0.307 e. The Bertz CT molecular complexity index is 518. The summed E-state index contributed by atoms with van der Waals surface area (Å²) in [6.45, 7) is 5.12. The van der Waals surface area contributed by atoms with Crippen molar-refractivity contribution < 1.29 is 4.79 Å². The molecule has 0 spiro atoms. The zero-order valence-electron chi connectivity index (χ0n) is 12.4. The van der Waals surface area contributed by atoms with E-state index in [4.69, 9.17) is 0 Å². The fourth-order valence-electron chi connectivity index (χ4n) is 3.00. The third-order valence-corrected chi connectivity index (χ3v) is 5.02. The lowest BCUT2D eigenvalue weighted by Gasteiger charge is -2.22. The summed E-state index contributed by atoms with van der Waals surface area (Å²) >= 11 is 1.43. The molecule has 0 aliphatic heterocycles. The van der Waals surface area contributed by atoms with Crippen molar-refractivity contribution in [3.05, 3.63) is 20.2 Å². The molecule has 1 aliphatic carbocycles. The highest BCUT2D eigenvalue weighted by Crippen LogP contribution is 2.30. The van der Waals surface area contributed by atoms with E-state index in [1.165, 1.54) is 48.1 Å². The summed E-state index contributed by atoms with van der Waals surface area (Å²) in [7, 11) is 0. The summed E-state index contributed by atoms with van der Waals surface area (Å²) in [5, 5.41) is 2.78. The average molecular weight is 296 g/mol. The Morgan fingerprint density at radius 2 is 2.30 bits per heavy atom. The van der Waals surface area contributed by atoms with Gasteiger partial charge < -0.3 is 9.88 Å². The number of carbonyl (C=O) groups is 1. The molecule has 0 bridgehead atoms. The molecule has 0 radical (unpaired) electrons. The third-order valence-electron chi connectivity index (χ3n) is 3.97. The molecule has 1 aliphatic rings. The van der Waals surface area contributed by atoms with Gasteiger partial charge in [-0.15, -0.1) is 0 Å². The Morgan fingerprint density at radius 1 is 1.50 bits per heavy atom. The number of rotatable bonds is 6. The number of hydrogen-bond acceptors (Lipinski definition) is 3. The van der Waals surface area contributed by atoms with Crippen LogP contribution in [0.3, 0.4) is 0 Å². The Hall–Kier alpha value is -1.10. The molecule has 112 valence electrons. The van der Waals surface area contributed by atoms with Gasteiger partial charge in [0.25, 0.3) is 0 Å². The first-order valence-electron chi connectivity index (χ1n) is 7.57. The van der Waals surface area contributed by atoms with Crippen molar-refractivity contribution in [1.82, 2.24) is 9.88 Å². The summed E-state index contributed by atoms with van der Waals surface area (Å²) in [6, 6.07) is 0. The molecule has 1 amide bonds. The maximum Gasteiger partial charge on any atom is 0.307 e. The van der Waals surface area contributed by atoms with E-state index in [1.54, 1.807) is 0 Å². The monoisotopic (exact) mass is 296 g/mol. The second kappa shape index (κ2) is 7.07. The number of amides is 1. The van der Waals surface area contributed by atoms with Crippen LogP contribution in [0.15, 0.2) is 4.79 Å². The molecule has 5 heteroatoms. The van der Waals surface area contributed by atoms with E-state index in [0.29, 0.717) is 6.54 Å². The van der Waals surface area contributed by atoms with Gasteiger partial charge in [0.15, 0.2) is 0 Å². The van der Waals surface area contributed by atoms with Gasteiger partial charge in [-0.05, 0) is 31.6 Å². The van der Waals surface area contributed by atoms with Crippen LogP contribution in [-0.2, 0) is 24.2 Å². The van der Waals surface area contributed by atoms with Gasteiger partial charge in [0, 0.05) is 30.6 Å². The number of carbonyl (C=O) groups excluding carboxylic acids is 1. The Labute approximate surface area is 124 Å². The number of nitrogens with zero attached hydrogens (tertiary/aromatic N) is 1. The lowest BCUT2D eigenvalue weighted by Crippen LogP contribution is -2.25. The van der Waals surface area contributed by atoms with Crippen LogP contribution in [0, 0.1) is 5.92 Å². The van der Waals surface area contributed by atoms with E-state index in [-0.39, 0.29) is 10.8 Å². The van der Waals surface area contributed by atoms with E-state index in [1.807, 2.05) is 4.57 Å². The van der Waals surface area contributed by atoms with E-state index >= 15 is 0 Å². The van der Waals surface area contributed by atoms with Gasteiger partial charge >= 0.3 is 4.87 Å². The van der Waals surface area contributed by atoms with Crippen molar-refractivity contribution in [2.45, 2.75) is 58.9 Å². The largest absolute Gasteiger partial charge is 0.356 e. The number of thiazole rings is 1. The fourth-order valence-corrected chi connectivity index (χ4v) is 4.17. The summed E-state index contributed by atoms with van der Waals surface area (Å²) in [5.41, 5.74) is 1.26. The highest BCUT2D eigenvalue weighted by atomic mass is 32.1. The van der Waals surface area contributed by atoms with E-state index in [0.717, 1.165) is 31.7 Å². The molecule has 0 aromatic carbocycles. The minimum Gasteiger partial charge on any atom is -0.356 e. The van der Waals surface area contributed by atoms with Crippen molar-refractivity contribution >= 4 is 17.2 Å². The molecule has 1 N–H and O–H groups in total. The van der Waals surface area contributed by atoms with Crippen LogP contribution >= 0.6 is 11.3 Å². The summed E-state index contributed by atoms with van der Waals surface area (Å²) in [6.07, 6.45) is 6.66. The molecule has 20 heavy (non-hydrogen) atoms. The molecule has 1 aromatic rings. The van der Waals surface area contributed by atoms with E-state index < -0.39 is 0 Å². The second-order valence-electron chi connectivity index (χ2n) is 5.62. The summed E-state index contributed by atoms with van der Waals surface area (Å²) in [5.74, 6) is 0.755. The van der Waals surface area contributed by atoms with Crippen molar-refractivity contribution in [2.75, 3.05) is 6.54 Å². The van der Waals surface area contributed by atoms with E-state index in [9.17, 15) is 9.59 Å². The first kappa shape index (κ1) is 15.3. The summed E-state index contributed by atoms with van der Waals surface area (Å²) < 4.78 is 1.93. The standard InChI is InChI=1S/C15H24N2O2S/c1-3-5-12-6-7-13-14(10-12)20-15(19)17(13)9-4-8-16-11(2)18/h12H,3-10H2,1-2H3,(H,16,18). The Kier molecular flexibility index (Phi) is 5.40. The first-order chi connectivity index (χ1) is 9.61. The predicted octanol–water partition coefficient (Wildman–Crippen LogP) is 2.34. The van der Waals surface area contributed by atoms with Crippen LogP contribution < -0.4 is 10.2 Å². The molecule has 2 rings (SSSR count). The van der Waals surface area contributed by atoms with Crippen LogP contribution in [0.2, 0.25) is 0 Å². The number of hydrogen-bond donors (Lipinski definition) is 1. The van der Waals surface area contributed by atoms with Crippen LogP contribution in [0.4, 0.5) is 0 Å². The maximum absolute atomic E-state index is 12.1. The van der Waals surface area contributed by atoms with Gasteiger partial charge in [-0.3, -0.25) is 9.59 Å². The van der Waals surface area contributed by atoms with Crippen molar-refractivity contribution in [1.29, 1.82) is 0 Å². The van der Waals surface area contributed by atoms with Crippen LogP contribution in [-0.4, -0.2) is 17.0 Å².